The second kappa shape index (κ2) is 6.19. The van der Waals surface area contributed by atoms with Crippen LogP contribution in [0.5, 0.6) is 0 Å². The van der Waals surface area contributed by atoms with Gasteiger partial charge in [0.1, 0.15) is 5.54 Å². The lowest BCUT2D eigenvalue weighted by atomic mass is 9.96. The fourth-order valence-corrected chi connectivity index (χ4v) is 3.34. The molecule has 4 N–H and O–H groups in total. The number of urea groups is 1. The van der Waals surface area contributed by atoms with Crippen LogP contribution in [0.3, 0.4) is 0 Å². The number of para-hydroxylation sites is 1. The highest BCUT2D eigenvalue weighted by molar-refractivity contribution is 6.07. The number of anilines is 3. The average Bonchev–Trinajstić information content (AvgIpc) is 3.43. The van der Waals surface area contributed by atoms with Gasteiger partial charge in [0, 0.05) is 5.69 Å². The van der Waals surface area contributed by atoms with Crippen LogP contribution < -0.4 is 16.4 Å². The molecule has 0 unspecified atom stereocenters. The van der Waals surface area contributed by atoms with Gasteiger partial charge in [0.2, 0.25) is 11.9 Å². The number of aryl methyl sites for hydroxylation is 1. The van der Waals surface area contributed by atoms with Crippen LogP contribution in [0.1, 0.15) is 31.2 Å². The van der Waals surface area contributed by atoms with E-state index in [1.165, 1.54) is 0 Å². The van der Waals surface area contributed by atoms with E-state index in [-0.39, 0.29) is 36.1 Å². The normalized spacial score (nSPS) is 22.1. The summed E-state index contributed by atoms with van der Waals surface area (Å²) in [5, 5.41) is 5.91. The molecule has 2 heterocycles. The molecule has 2 aromatic rings. The van der Waals surface area contributed by atoms with Crippen LogP contribution in [-0.2, 0) is 11.3 Å². The Hall–Kier alpha value is -3.23. The molecule has 0 bridgehead atoms. The van der Waals surface area contributed by atoms with Crippen molar-refractivity contribution in [3.63, 3.8) is 0 Å². The molecule has 4 rings (SSSR count). The van der Waals surface area contributed by atoms with E-state index in [1.807, 2.05) is 31.2 Å². The van der Waals surface area contributed by atoms with Crippen molar-refractivity contribution in [2.24, 2.45) is 5.92 Å². The van der Waals surface area contributed by atoms with Gasteiger partial charge in [0.25, 0.3) is 5.91 Å². The summed E-state index contributed by atoms with van der Waals surface area (Å²) in [4.78, 5) is 38.7. The third-order valence-electron chi connectivity index (χ3n) is 5.09. The molecule has 9 heteroatoms. The number of hydrogen-bond donors (Lipinski definition) is 3. The minimum absolute atomic E-state index is 0.0214. The van der Waals surface area contributed by atoms with Gasteiger partial charge in [-0.1, -0.05) is 18.2 Å². The van der Waals surface area contributed by atoms with E-state index in [1.54, 1.807) is 6.92 Å². The molecule has 1 aliphatic heterocycles. The summed E-state index contributed by atoms with van der Waals surface area (Å²) in [5.41, 5.74) is 6.82. The maximum absolute atomic E-state index is 12.8. The minimum atomic E-state index is -0.835. The lowest BCUT2D eigenvalue weighted by molar-refractivity contribution is -0.131. The van der Waals surface area contributed by atoms with Gasteiger partial charge in [-0.3, -0.25) is 9.69 Å². The fraction of sp³-hybridized carbons (Fsp3) is 0.389. The second-order valence-corrected chi connectivity index (χ2v) is 7.17. The summed E-state index contributed by atoms with van der Waals surface area (Å²) in [6, 6.07) is 7.25. The van der Waals surface area contributed by atoms with Crippen LogP contribution in [0, 0.1) is 12.8 Å². The first-order valence-corrected chi connectivity index (χ1v) is 8.84. The highest BCUT2D eigenvalue weighted by Crippen LogP contribution is 2.42. The maximum Gasteiger partial charge on any atom is 0.325 e. The highest BCUT2D eigenvalue weighted by Gasteiger charge is 2.56. The van der Waals surface area contributed by atoms with Crippen molar-refractivity contribution in [2.45, 2.75) is 38.8 Å². The Morgan fingerprint density at radius 3 is 2.70 bits per heavy atom. The molecule has 140 valence electrons. The predicted octanol–water partition coefficient (Wildman–Crippen LogP) is 1.73. The molecule has 1 aliphatic carbocycles. The van der Waals surface area contributed by atoms with Gasteiger partial charge in [0.15, 0.2) is 5.82 Å². The van der Waals surface area contributed by atoms with E-state index >= 15 is 0 Å². The Morgan fingerprint density at radius 2 is 2.00 bits per heavy atom. The lowest BCUT2D eigenvalue weighted by Crippen LogP contribution is -2.46. The van der Waals surface area contributed by atoms with E-state index in [9.17, 15) is 9.59 Å². The number of nitrogen functional groups attached to an aromatic ring is 1. The van der Waals surface area contributed by atoms with E-state index in [2.05, 4.69) is 25.6 Å². The van der Waals surface area contributed by atoms with Crippen LogP contribution in [0.4, 0.5) is 22.4 Å². The zero-order chi connectivity index (χ0) is 19.2. The highest BCUT2D eigenvalue weighted by atomic mass is 16.2. The summed E-state index contributed by atoms with van der Waals surface area (Å²) in [5.74, 6) is 0.488. The Labute approximate surface area is 156 Å². The smallest absolute Gasteiger partial charge is 0.325 e. The molecule has 0 radical (unpaired) electrons. The third kappa shape index (κ3) is 3.16. The summed E-state index contributed by atoms with van der Waals surface area (Å²) >= 11 is 0. The van der Waals surface area contributed by atoms with Crippen molar-refractivity contribution in [1.29, 1.82) is 0 Å². The van der Waals surface area contributed by atoms with Gasteiger partial charge < -0.3 is 16.4 Å². The van der Waals surface area contributed by atoms with Crippen molar-refractivity contribution in [3.8, 4) is 0 Å². The Balaban J connectivity index is 1.56. The number of amides is 3. The molecule has 2 fully saturated rings. The second-order valence-electron chi connectivity index (χ2n) is 7.17. The van der Waals surface area contributed by atoms with Gasteiger partial charge in [-0.25, -0.2) is 4.79 Å². The first-order chi connectivity index (χ1) is 12.9. The number of aromatic nitrogens is 3. The van der Waals surface area contributed by atoms with Crippen LogP contribution in [0.25, 0.3) is 0 Å². The van der Waals surface area contributed by atoms with Crippen molar-refractivity contribution in [1.82, 2.24) is 25.2 Å². The van der Waals surface area contributed by atoms with Crippen LogP contribution in [0.15, 0.2) is 24.3 Å². The molecule has 0 spiro atoms. The summed E-state index contributed by atoms with van der Waals surface area (Å²) in [7, 11) is 0. The van der Waals surface area contributed by atoms with Gasteiger partial charge in [-0.05, 0) is 44.2 Å². The number of carbonyl (C=O) groups excluding carboxylic acids is 2. The average molecular weight is 367 g/mol. The van der Waals surface area contributed by atoms with E-state index in [0.29, 0.717) is 0 Å². The predicted molar refractivity (Wildman–Crippen MR) is 98.9 cm³/mol. The van der Waals surface area contributed by atoms with Gasteiger partial charge in [-0.15, -0.1) is 0 Å². The molecule has 1 saturated heterocycles. The quantitative estimate of drug-likeness (QED) is 0.687. The zero-order valence-corrected chi connectivity index (χ0v) is 15.2. The Bertz CT molecular complexity index is 928. The largest absolute Gasteiger partial charge is 0.368 e. The molecular formula is C18H21N7O2. The monoisotopic (exact) mass is 367 g/mol. The number of rotatable bonds is 5. The Kier molecular flexibility index (Phi) is 3.94. The molecule has 1 saturated carbocycles. The van der Waals surface area contributed by atoms with Crippen LogP contribution in [-0.4, -0.2) is 37.3 Å². The zero-order valence-electron chi connectivity index (χ0n) is 15.2. The van der Waals surface area contributed by atoms with E-state index in [4.69, 9.17) is 5.73 Å². The Morgan fingerprint density at radius 1 is 1.26 bits per heavy atom. The van der Waals surface area contributed by atoms with Crippen LogP contribution >= 0.6 is 0 Å². The summed E-state index contributed by atoms with van der Waals surface area (Å²) < 4.78 is 0. The maximum atomic E-state index is 12.8. The van der Waals surface area contributed by atoms with Crippen molar-refractivity contribution >= 4 is 29.5 Å². The molecule has 1 aromatic carbocycles. The number of nitrogens with zero attached hydrogens (tertiary/aromatic N) is 4. The van der Waals surface area contributed by atoms with Gasteiger partial charge >= 0.3 is 6.03 Å². The summed E-state index contributed by atoms with van der Waals surface area (Å²) in [6.45, 7) is 3.68. The summed E-state index contributed by atoms with van der Waals surface area (Å²) in [6.07, 6.45) is 1.89. The van der Waals surface area contributed by atoms with Gasteiger partial charge in [-0.2, -0.15) is 15.0 Å². The number of imide groups is 1. The van der Waals surface area contributed by atoms with Crippen LogP contribution in [0.2, 0.25) is 0 Å². The van der Waals surface area contributed by atoms with Crippen molar-refractivity contribution in [2.75, 3.05) is 11.1 Å². The standard InChI is InChI=1S/C18H21N7O2/c1-10-5-3-4-6-12(10)20-16-22-13(21-15(19)23-16)9-25-14(26)18(2,11-7-8-11)24-17(25)27/h3-6,11H,7-9H2,1-2H3,(H,24,27)(H3,19,20,21,22,23)/t18-/m1/s1. The van der Waals surface area contributed by atoms with E-state index < -0.39 is 11.6 Å². The lowest BCUT2D eigenvalue weighted by Gasteiger charge is -2.20. The molecule has 3 amide bonds. The molecule has 2 aliphatic rings. The molecular weight excluding hydrogens is 346 g/mol. The van der Waals surface area contributed by atoms with Crippen molar-refractivity contribution in [3.05, 3.63) is 35.7 Å². The first kappa shape index (κ1) is 17.2. The van der Waals surface area contributed by atoms with E-state index in [0.717, 1.165) is 29.0 Å². The topological polar surface area (TPSA) is 126 Å². The van der Waals surface area contributed by atoms with Crippen molar-refractivity contribution < 1.29 is 9.59 Å². The molecule has 27 heavy (non-hydrogen) atoms. The number of hydrogen-bond acceptors (Lipinski definition) is 7. The molecule has 1 atom stereocenters. The fourth-order valence-electron chi connectivity index (χ4n) is 3.34. The third-order valence-corrected chi connectivity index (χ3v) is 5.09. The molecule has 1 aromatic heterocycles. The SMILES string of the molecule is Cc1ccccc1Nc1nc(N)nc(CN2C(=O)N[C@](C)(C3CC3)C2=O)n1. The molecule has 9 nitrogen and oxygen atoms in total. The minimum Gasteiger partial charge on any atom is -0.368 e. The van der Waals surface area contributed by atoms with Gasteiger partial charge in [0.05, 0.1) is 6.54 Å². The number of benzene rings is 1. The number of nitrogens with two attached hydrogens (primary N) is 1. The first-order valence-electron chi connectivity index (χ1n) is 8.84. The number of carbonyl (C=O) groups is 2. The number of nitrogens with one attached hydrogen (secondary N) is 2.